The topological polar surface area (TPSA) is 49.3 Å². The van der Waals surface area contributed by atoms with E-state index in [1.54, 1.807) is 0 Å². The van der Waals surface area contributed by atoms with Gasteiger partial charge in [0.05, 0.1) is 17.9 Å². The number of hydrogen-bond donors (Lipinski definition) is 2. The molecule has 0 aliphatic heterocycles. The highest BCUT2D eigenvalue weighted by atomic mass is 19.1. The highest BCUT2D eigenvalue weighted by Gasteiger charge is 2.50. The zero-order chi connectivity index (χ0) is 14.8. The Bertz CT molecular complexity index is 584. The van der Waals surface area contributed by atoms with Crippen molar-refractivity contribution in [3.63, 3.8) is 0 Å². The van der Waals surface area contributed by atoms with E-state index >= 15 is 0 Å². The number of aliphatic hydroxyl groups is 1. The van der Waals surface area contributed by atoms with Crippen LogP contribution in [0.2, 0.25) is 0 Å². The van der Waals surface area contributed by atoms with Crippen LogP contribution >= 0.6 is 0 Å². The molecule has 1 saturated carbocycles. The maximum atomic E-state index is 13.3. The van der Waals surface area contributed by atoms with Gasteiger partial charge in [0.1, 0.15) is 5.82 Å². The molecule has 0 saturated heterocycles. The first-order valence-electron chi connectivity index (χ1n) is 6.64. The van der Waals surface area contributed by atoms with Crippen LogP contribution in [0.4, 0.5) is 10.1 Å². The monoisotopic (exact) mass is 275 g/mol. The number of carbonyl (C=O) groups excluding carboxylic acids is 1. The minimum absolute atomic E-state index is 0.00537. The Morgan fingerprint density at radius 2 is 2.25 bits per heavy atom. The van der Waals surface area contributed by atoms with Gasteiger partial charge in [-0.1, -0.05) is 25.7 Å². The van der Waals surface area contributed by atoms with Gasteiger partial charge in [0.15, 0.2) is 0 Å². The largest absolute Gasteiger partial charge is 0.395 e. The van der Waals surface area contributed by atoms with Gasteiger partial charge < -0.3 is 10.4 Å². The molecule has 1 aromatic carbocycles. The molecule has 1 fully saturated rings. The van der Waals surface area contributed by atoms with Crippen LogP contribution in [0, 0.1) is 29.0 Å². The molecule has 2 rings (SSSR count). The summed E-state index contributed by atoms with van der Waals surface area (Å²) < 4.78 is 13.3. The highest BCUT2D eigenvalue weighted by molar-refractivity contribution is 5.96. The molecule has 20 heavy (non-hydrogen) atoms. The molecule has 106 valence electrons. The Labute approximate surface area is 118 Å². The van der Waals surface area contributed by atoms with Crippen molar-refractivity contribution in [2.75, 3.05) is 11.9 Å². The summed E-state index contributed by atoms with van der Waals surface area (Å²) in [5.41, 5.74) is 1.00. The van der Waals surface area contributed by atoms with Crippen molar-refractivity contribution >= 4 is 11.6 Å². The van der Waals surface area contributed by atoms with Gasteiger partial charge in [-0.3, -0.25) is 4.79 Å². The molecular weight excluding hydrogens is 257 g/mol. The molecule has 0 heterocycles. The Morgan fingerprint density at radius 3 is 2.85 bits per heavy atom. The molecule has 1 atom stereocenters. The fraction of sp³-hybridized carbons (Fsp3) is 0.438. The lowest BCUT2D eigenvalue weighted by Gasteiger charge is -2.08. The van der Waals surface area contributed by atoms with Gasteiger partial charge in [0, 0.05) is 12.3 Å². The Balaban J connectivity index is 2.15. The number of halogens is 1. The number of amides is 1. The van der Waals surface area contributed by atoms with E-state index in [9.17, 15) is 9.18 Å². The molecule has 0 radical (unpaired) electrons. The average Bonchev–Trinajstić information content (AvgIpc) is 3.02. The standard InChI is InChI=1S/C16H18FNO2/c1-16(2)10-13(16)15(20)18-14-7-6-12(17)9-11(14)5-3-4-8-19/h6-7,9,13,19H,4,8,10H2,1-2H3,(H,18,20). The summed E-state index contributed by atoms with van der Waals surface area (Å²) in [5, 5.41) is 11.5. The van der Waals surface area contributed by atoms with Crippen molar-refractivity contribution < 1.29 is 14.3 Å². The van der Waals surface area contributed by atoms with Crippen molar-refractivity contribution in [1.29, 1.82) is 0 Å². The van der Waals surface area contributed by atoms with Gasteiger partial charge >= 0.3 is 0 Å². The number of carbonyl (C=O) groups is 1. The van der Waals surface area contributed by atoms with Gasteiger partial charge in [-0.2, -0.15) is 0 Å². The predicted octanol–water partition coefficient (Wildman–Crippen LogP) is 2.54. The lowest BCUT2D eigenvalue weighted by molar-refractivity contribution is -0.118. The summed E-state index contributed by atoms with van der Waals surface area (Å²) in [7, 11) is 0. The van der Waals surface area contributed by atoms with E-state index in [0.29, 0.717) is 17.7 Å². The third kappa shape index (κ3) is 3.37. The molecule has 1 aliphatic carbocycles. The first-order valence-corrected chi connectivity index (χ1v) is 6.64. The van der Waals surface area contributed by atoms with Gasteiger partial charge in [-0.05, 0) is 30.0 Å². The Kier molecular flexibility index (Phi) is 4.10. The van der Waals surface area contributed by atoms with Crippen molar-refractivity contribution in [2.24, 2.45) is 11.3 Å². The molecule has 2 N–H and O–H groups in total. The molecule has 1 amide bonds. The van der Waals surface area contributed by atoms with Gasteiger partial charge in [0.2, 0.25) is 5.91 Å². The smallest absolute Gasteiger partial charge is 0.228 e. The fourth-order valence-electron chi connectivity index (χ4n) is 2.08. The number of anilines is 1. The van der Waals surface area contributed by atoms with E-state index in [4.69, 9.17) is 5.11 Å². The van der Waals surface area contributed by atoms with Gasteiger partial charge in [-0.15, -0.1) is 0 Å². The first kappa shape index (κ1) is 14.5. The second-order valence-electron chi connectivity index (χ2n) is 5.70. The molecule has 4 heteroatoms. The maximum absolute atomic E-state index is 13.3. The van der Waals surface area contributed by atoms with Crippen LogP contribution in [-0.2, 0) is 4.79 Å². The number of rotatable bonds is 3. The van der Waals surface area contributed by atoms with Crippen molar-refractivity contribution in [3.8, 4) is 11.8 Å². The fourth-order valence-corrected chi connectivity index (χ4v) is 2.08. The SMILES string of the molecule is CC1(C)CC1C(=O)Nc1ccc(F)cc1C#CCCO. The van der Waals surface area contributed by atoms with Crippen LogP contribution in [0.3, 0.4) is 0 Å². The number of hydrogen-bond acceptors (Lipinski definition) is 2. The Morgan fingerprint density at radius 1 is 1.55 bits per heavy atom. The van der Waals surface area contributed by atoms with Crippen molar-refractivity contribution in [1.82, 2.24) is 0 Å². The number of benzene rings is 1. The third-order valence-electron chi connectivity index (χ3n) is 3.53. The van der Waals surface area contributed by atoms with Gasteiger partial charge in [0.25, 0.3) is 0 Å². The van der Waals surface area contributed by atoms with Crippen LogP contribution < -0.4 is 5.32 Å². The quantitative estimate of drug-likeness (QED) is 0.833. The molecule has 1 aromatic rings. The molecular formula is C16H18FNO2. The molecule has 1 unspecified atom stereocenters. The van der Waals surface area contributed by atoms with Crippen LogP contribution in [0.5, 0.6) is 0 Å². The zero-order valence-corrected chi connectivity index (χ0v) is 11.7. The van der Waals surface area contributed by atoms with Crippen LogP contribution in [0.15, 0.2) is 18.2 Å². The molecule has 1 aliphatic rings. The highest BCUT2D eigenvalue weighted by Crippen LogP contribution is 2.52. The predicted molar refractivity (Wildman–Crippen MR) is 75.5 cm³/mol. The summed E-state index contributed by atoms with van der Waals surface area (Å²) in [6, 6.07) is 4.11. The minimum Gasteiger partial charge on any atom is -0.395 e. The van der Waals surface area contributed by atoms with E-state index in [2.05, 4.69) is 17.2 Å². The van der Waals surface area contributed by atoms with E-state index < -0.39 is 5.82 Å². The van der Waals surface area contributed by atoms with Crippen LogP contribution in [0.25, 0.3) is 0 Å². The van der Waals surface area contributed by atoms with E-state index in [0.717, 1.165) is 6.42 Å². The summed E-state index contributed by atoms with van der Waals surface area (Å²) >= 11 is 0. The first-order chi connectivity index (χ1) is 9.44. The second-order valence-corrected chi connectivity index (χ2v) is 5.70. The third-order valence-corrected chi connectivity index (χ3v) is 3.53. The molecule has 0 spiro atoms. The summed E-state index contributed by atoms with van der Waals surface area (Å²) in [4.78, 5) is 12.1. The van der Waals surface area contributed by atoms with Crippen molar-refractivity contribution in [3.05, 3.63) is 29.6 Å². The van der Waals surface area contributed by atoms with Gasteiger partial charge in [-0.25, -0.2) is 4.39 Å². The van der Waals surface area contributed by atoms with E-state index in [-0.39, 0.29) is 23.8 Å². The second kappa shape index (κ2) is 5.64. The summed E-state index contributed by atoms with van der Waals surface area (Å²) in [6.45, 7) is 4.05. The molecule has 0 aromatic heterocycles. The maximum Gasteiger partial charge on any atom is 0.228 e. The Hall–Kier alpha value is -1.86. The minimum atomic E-state index is -0.400. The lowest BCUT2D eigenvalue weighted by atomic mass is 10.1. The summed E-state index contributed by atoms with van der Waals surface area (Å²) in [5.74, 6) is 5.07. The molecule has 3 nitrogen and oxygen atoms in total. The van der Waals surface area contributed by atoms with Crippen molar-refractivity contribution in [2.45, 2.75) is 26.7 Å². The molecule has 0 bridgehead atoms. The van der Waals surface area contributed by atoms with E-state index in [1.807, 2.05) is 13.8 Å². The number of nitrogens with one attached hydrogen (secondary N) is 1. The zero-order valence-electron chi connectivity index (χ0n) is 11.7. The number of aliphatic hydroxyl groups excluding tert-OH is 1. The normalized spacial score (nSPS) is 18.9. The summed E-state index contributed by atoms with van der Waals surface area (Å²) in [6.07, 6.45) is 1.19. The lowest BCUT2D eigenvalue weighted by Crippen LogP contribution is -2.17. The van der Waals surface area contributed by atoms with Crippen LogP contribution in [0.1, 0.15) is 32.3 Å². The van der Waals surface area contributed by atoms with Crippen LogP contribution in [-0.4, -0.2) is 17.6 Å². The van der Waals surface area contributed by atoms with E-state index in [1.165, 1.54) is 18.2 Å². The average molecular weight is 275 g/mol.